The standard InChI is InChI=1S/C19H20F3NO2/c1-2-25-18(24)5-3-4-17(15-10-12-23-13-11-15)14-6-8-16(9-7-14)19(20,21)22/h3-10,23H,2,11-13H2,1H3. The zero-order valence-electron chi connectivity index (χ0n) is 13.9. The molecule has 0 radical (unpaired) electrons. The van der Waals surface area contributed by atoms with Crippen LogP contribution in [0.5, 0.6) is 0 Å². The second-order valence-electron chi connectivity index (χ2n) is 5.45. The van der Waals surface area contributed by atoms with E-state index in [4.69, 9.17) is 4.74 Å². The van der Waals surface area contributed by atoms with Crippen LogP contribution >= 0.6 is 0 Å². The second-order valence-corrected chi connectivity index (χ2v) is 5.45. The summed E-state index contributed by atoms with van der Waals surface area (Å²) >= 11 is 0. The minimum absolute atomic E-state index is 0.287. The van der Waals surface area contributed by atoms with E-state index < -0.39 is 17.7 Å². The molecule has 1 aliphatic rings. The molecule has 1 heterocycles. The Hall–Kier alpha value is -2.34. The first-order valence-corrected chi connectivity index (χ1v) is 8.04. The lowest BCUT2D eigenvalue weighted by atomic mass is 9.92. The van der Waals surface area contributed by atoms with E-state index in [9.17, 15) is 18.0 Å². The maximum atomic E-state index is 12.7. The molecule has 0 atom stereocenters. The van der Waals surface area contributed by atoms with E-state index in [1.54, 1.807) is 19.1 Å². The average Bonchev–Trinajstić information content (AvgIpc) is 2.59. The van der Waals surface area contributed by atoms with Gasteiger partial charge < -0.3 is 10.1 Å². The van der Waals surface area contributed by atoms with Gasteiger partial charge in [0.1, 0.15) is 0 Å². The first-order chi connectivity index (χ1) is 11.9. The van der Waals surface area contributed by atoms with Crippen molar-refractivity contribution < 1.29 is 22.7 Å². The highest BCUT2D eigenvalue weighted by Gasteiger charge is 2.30. The first kappa shape index (κ1) is 19.0. The molecular formula is C19H20F3NO2. The fourth-order valence-electron chi connectivity index (χ4n) is 2.51. The summed E-state index contributed by atoms with van der Waals surface area (Å²) in [6.07, 6.45) is 3.01. The minimum atomic E-state index is -4.36. The molecule has 134 valence electrons. The van der Waals surface area contributed by atoms with Crippen molar-refractivity contribution in [3.63, 3.8) is 0 Å². The molecule has 6 heteroatoms. The number of allylic oxidation sites excluding steroid dienone is 3. The topological polar surface area (TPSA) is 38.3 Å². The number of rotatable bonds is 5. The van der Waals surface area contributed by atoms with Crippen LogP contribution in [0.1, 0.15) is 24.5 Å². The lowest BCUT2D eigenvalue weighted by Gasteiger charge is -2.18. The molecule has 0 amide bonds. The van der Waals surface area contributed by atoms with Crippen LogP contribution in [0.3, 0.4) is 0 Å². The highest BCUT2D eigenvalue weighted by molar-refractivity contribution is 5.85. The number of nitrogens with one attached hydrogen (secondary N) is 1. The number of ether oxygens (including phenoxy) is 1. The van der Waals surface area contributed by atoms with E-state index in [1.807, 2.05) is 6.08 Å². The molecule has 25 heavy (non-hydrogen) atoms. The third-order valence-electron chi connectivity index (χ3n) is 3.71. The maximum Gasteiger partial charge on any atom is 0.416 e. The highest BCUT2D eigenvalue weighted by atomic mass is 19.4. The lowest BCUT2D eigenvalue weighted by Crippen LogP contribution is -2.20. The predicted molar refractivity (Wildman–Crippen MR) is 90.8 cm³/mol. The van der Waals surface area contributed by atoms with Gasteiger partial charge in [-0.25, -0.2) is 4.79 Å². The Morgan fingerprint density at radius 3 is 2.56 bits per heavy atom. The van der Waals surface area contributed by atoms with Crippen molar-refractivity contribution in [1.82, 2.24) is 5.32 Å². The molecule has 1 aliphatic heterocycles. The van der Waals surface area contributed by atoms with Crippen LogP contribution in [-0.4, -0.2) is 25.7 Å². The van der Waals surface area contributed by atoms with Gasteiger partial charge in [-0.05, 0) is 48.7 Å². The molecule has 0 spiro atoms. The van der Waals surface area contributed by atoms with Crippen LogP contribution in [0.4, 0.5) is 13.2 Å². The first-order valence-electron chi connectivity index (χ1n) is 8.04. The van der Waals surface area contributed by atoms with Crippen molar-refractivity contribution in [2.75, 3.05) is 19.7 Å². The summed E-state index contributed by atoms with van der Waals surface area (Å²) < 4.78 is 43.1. The molecule has 0 bridgehead atoms. The van der Waals surface area contributed by atoms with Crippen molar-refractivity contribution in [3.8, 4) is 0 Å². The number of carbonyl (C=O) groups excluding carboxylic acids is 1. The van der Waals surface area contributed by atoms with Gasteiger partial charge in [-0.1, -0.05) is 30.4 Å². The van der Waals surface area contributed by atoms with Crippen molar-refractivity contribution in [1.29, 1.82) is 0 Å². The summed E-state index contributed by atoms with van der Waals surface area (Å²) in [5, 5.41) is 3.20. The zero-order valence-corrected chi connectivity index (χ0v) is 13.9. The summed E-state index contributed by atoms with van der Waals surface area (Å²) in [6.45, 7) is 3.50. The van der Waals surface area contributed by atoms with E-state index in [-0.39, 0.29) is 6.61 Å². The van der Waals surface area contributed by atoms with Crippen LogP contribution in [0.15, 0.2) is 54.1 Å². The molecule has 0 aliphatic carbocycles. The average molecular weight is 351 g/mol. The second kappa shape index (κ2) is 8.67. The van der Waals surface area contributed by atoms with Gasteiger partial charge in [-0.2, -0.15) is 13.2 Å². The van der Waals surface area contributed by atoms with Crippen LogP contribution in [0, 0.1) is 0 Å². The van der Waals surface area contributed by atoms with E-state index in [1.165, 1.54) is 18.2 Å². The highest BCUT2D eigenvalue weighted by Crippen LogP contribution is 2.32. The summed E-state index contributed by atoms with van der Waals surface area (Å²) in [5.41, 5.74) is 1.83. The predicted octanol–water partition coefficient (Wildman–Crippen LogP) is 4.13. The van der Waals surface area contributed by atoms with Gasteiger partial charge in [-0.3, -0.25) is 0 Å². The molecule has 0 aromatic heterocycles. The molecule has 3 nitrogen and oxygen atoms in total. The monoisotopic (exact) mass is 351 g/mol. The van der Waals surface area contributed by atoms with Gasteiger partial charge in [0.2, 0.25) is 0 Å². The quantitative estimate of drug-likeness (QED) is 0.492. The number of hydrogen-bond donors (Lipinski definition) is 1. The largest absolute Gasteiger partial charge is 0.463 e. The number of benzene rings is 1. The summed E-state index contributed by atoms with van der Waals surface area (Å²) in [6, 6.07) is 5.05. The van der Waals surface area contributed by atoms with Crippen molar-refractivity contribution in [2.45, 2.75) is 19.5 Å². The molecule has 0 unspecified atom stereocenters. The van der Waals surface area contributed by atoms with E-state index in [0.29, 0.717) is 12.1 Å². The van der Waals surface area contributed by atoms with Crippen LogP contribution < -0.4 is 5.32 Å². The normalized spacial score (nSPS) is 16.0. The molecule has 0 saturated heterocycles. The molecule has 1 aromatic rings. The Morgan fingerprint density at radius 2 is 2.00 bits per heavy atom. The lowest BCUT2D eigenvalue weighted by molar-refractivity contribution is -0.138. The van der Waals surface area contributed by atoms with Gasteiger partial charge in [0, 0.05) is 12.6 Å². The van der Waals surface area contributed by atoms with Crippen LogP contribution in [-0.2, 0) is 15.7 Å². The maximum absolute atomic E-state index is 12.7. The summed E-state index contributed by atoms with van der Waals surface area (Å²) in [7, 11) is 0. The molecule has 0 fully saturated rings. The third-order valence-corrected chi connectivity index (χ3v) is 3.71. The molecular weight excluding hydrogens is 331 g/mol. The van der Waals surface area contributed by atoms with Crippen LogP contribution in [0.2, 0.25) is 0 Å². The Balaban J connectivity index is 2.31. The van der Waals surface area contributed by atoms with Gasteiger partial charge in [0.15, 0.2) is 0 Å². The van der Waals surface area contributed by atoms with Crippen molar-refractivity contribution >= 4 is 11.5 Å². The van der Waals surface area contributed by atoms with Crippen LogP contribution in [0.25, 0.3) is 5.57 Å². The Bertz CT molecular complexity index is 686. The molecule has 0 saturated carbocycles. The Morgan fingerprint density at radius 1 is 1.28 bits per heavy atom. The smallest absolute Gasteiger partial charge is 0.416 e. The van der Waals surface area contributed by atoms with Gasteiger partial charge in [0.25, 0.3) is 0 Å². The van der Waals surface area contributed by atoms with Gasteiger partial charge >= 0.3 is 12.1 Å². The number of alkyl halides is 3. The van der Waals surface area contributed by atoms with Gasteiger partial charge in [0.05, 0.1) is 12.2 Å². The van der Waals surface area contributed by atoms with Gasteiger partial charge in [-0.15, -0.1) is 0 Å². The third kappa shape index (κ3) is 5.60. The molecule has 1 aromatic carbocycles. The zero-order chi connectivity index (χ0) is 18.3. The summed E-state index contributed by atoms with van der Waals surface area (Å²) in [5.74, 6) is -0.454. The van der Waals surface area contributed by atoms with Crippen molar-refractivity contribution in [2.24, 2.45) is 0 Å². The fraction of sp³-hybridized carbons (Fsp3) is 0.316. The number of hydrogen-bond acceptors (Lipinski definition) is 3. The number of halogens is 3. The number of esters is 1. The van der Waals surface area contributed by atoms with E-state index in [0.717, 1.165) is 36.2 Å². The summed E-state index contributed by atoms with van der Waals surface area (Å²) in [4.78, 5) is 11.4. The fourth-order valence-corrected chi connectivity index (χ4v) is 2.51. The van der Waals surface area contributed by atoms with E-state index in [2.05, 4.69) is 5.32 Å². The van der Waals surface area contributed by atoms with Crippen molar-refractivity contribution in [3.05, 3.63) is 65.3 Å². The van der Waals surface area contributed by atoms with E-state index >= 15 is 0 Å². The minimum Gasteiger partial charge on any atom is -0.463 e. The SMILES string of the molecule is CCOC(=O)C=CC=C(C1=CCNCC1)c1ccc(C(F)(F)F)cc1. The Kier molecular flexibility index (Phi) is 6.58. The molecule has 2 rings (SSSR count). The number of carbonyl (C=O) groups is 1. The molecule has 1 N–H and O–H groups in total. The Labute approximate surface area is 144 Å².